The molecule has 1 heterocycles. The Balaban J connectivity index is 1.85. The zero-order valence-electron chi connectivity index (χ0n) is 12.4. The highest BCUT2D eigenvalue weighted by Gasteiger charge is 2.42. The second-order valence-corrected chi connectivity index (χ2v) is 7.33. The Morgan fingerprint density at radius 1 is 1.45 bits per heavy atom. The molecule has 0 amide bonds. The summed E-state index contributed by atoms with van der Waals surface area (Å²) in [6, 6.07) is 0. The van der Waals surface area contributed by atoms with Crippen LogP contribution in [0.4, 0.5) is 0 Å². The average molecular weight is 301 g/mol. The van der Waals surface area contributed by atoms with Crippen LogP contribution in [0.15, 0.2) is 0 Å². The van der Waals surface area contributed by atoms with Crippen LogP contribution in [0.5, 0.6) is 0 Å². The lowest BCUT2D eigenvalue weighted by molar-refractivity contribution is -0.146. The van der Waals surface area contributed by atoms with Gasteiger partial charge in [-0.25, -0.2) is 0 Å². The molecule has 2 rings (SSSR count). The summed E-state index contributed by atoms with van der Waals surface area (Å²) in [4.78, 5) is 11.7. The number of nitrogens with one attached hydrogen (secondary N) is 1. The van der Waals surface area contributed by atoms with E-state index in [4.69, 9.17) is 4.74 Å². The molecule has 3 atom stereocenters. The Hall–Kier alpha value is -0.260. The van der Waals surface area contributed by atoms with E-state index < -0.39 is 11.5 Å². The molecule has 4 nitrogen and oxygen atoms in total. The zero-order valence-corrected chi connectivity index (χ0v) is 13.2. The maximum absolute atomic E-state index is 11.7. The highest BCUT2D eigenvalue weighted by molar-refractivity contribution is 7.99. The maximum Gasteiger partial charge on any atom is 0.323 e. The van der Waals surface area contributed by atoms with E-state index in [9.17, 15) is 9.90 Å². The summed E-state index contributed by atoms with van der Waals surface area (Å²) >= 11 is 1.92. The van der Waals surface area contributed by atoms with Crippen molar-refractivity contribution in [3.8, 4) is 0 Å². The first-order chi connectivity index (χ1) is 9.66. The van der Waals surface area contributed by atoms with Gasteiger partial charge in [-0.3, -0.25) is 4.79 Å². The molecular weight excluding hydrogens is 274 g/mol. The minimum atomic E-state index is -0.692. The van der Waals surface area contributed by atoms with E-state index >= 15 is 0 Å². The van der Waals surface area contributed by atoms with Crippen molar-refractivity contribution in [2.45, 2.75) is 68.8 Å². The van der Waals surface area contributed by atoms with Gasteiger partial charge in [0.25, 0.3) is 0 Å². The van der Waals surface area contributed by atoms with Gasteiger partial charge in [0.15, 0.2) is 0 Å². The molecule has 0 bridgehead atoms. The van der Waals surface area contributed by atoms with Gasteiger partial charge in [0.05, 0.1) is 6.10 Å². The number of carbonyl (C=O) groups is 1. The van der Waals surface area contributed by atoms with Crippen molar-refractivity contribution in [2.75, 3.05) is 18.9 Å². The molecule has 2 aliphatic rings. The van der Waals surface area contributed by atoms with Gasteiger partial charge >= 0.3 is 5.97 Å². The number of carboxylic acid groups (broad SMARTS) is 1. The molecule has 3 unspecified atom stereocenters. The molecule has 0 aromatic heterocycles. The summed E-state index contributed by atoms with van der Waals surface area (Å²) in [6.07, 6.45) is 7.36. The van der Waals surface area contributed by atoms with Crippen molar-refractivity contribution in [3.63, 3.8) is 0 Å². The van der Waals surface area contributed by atoms with Crippen LogP contribution in [0.2, 0.25) is 0 Å². The minimum Gasteiger partial charge on any atom is -0.480 e. The van der Waals surface area contributed by atoms with E-state index in [1.807, 2.05) is 11.8 Å². The quantitative estimate of drug-likeness (QED) is 0.757. The molecule has 2 fully saturated rings. The number of rotatable bonds is 7. The van der Waals surface area contributed by atoms with E-state index in [2.05, 4.69) is 12.2 Å². The predicted molar refractivity (Wildman–Crippen MR) is 82.3 cm³/mol. The third kappa shape index (κ3) is 4.12. The fraction of sp³-hybridized carbons (Fsp3) is 0.933. The summed E-state index contributed by atoms with van der Waals surface area (Å²) < 4.78 is 5.66. The van der Waals surface area contributed by atoms with Crippen molar-refractivity contribution in [1.82, 2.24) is 5.32 Å². The van der Waals surface area contributed by atoms with Gasteiger partial charge in [-0.1, -0.05) is 6.92 Å². The molecule has 5 heteroatoms. The Morgan fingerprint density at radius 3 is 2.95 bits per heavy atom. The molecule has 0 radical (unpaired) electrons. The van der Waals surface area contributed by atoms with E-state index in [0.29, 0.717) is 11.4 Å². The van der Waals surface area contributed by atoms with Gasteiger partial charge in [0.2, 0.25) is 0 Å². The fourth-order valence-electron chi connectivity index (χ4n) is 3.18. The first-order valence-electron chi connectivity index (χ1n) is 7.88. The van der Waals surface area contributed by atoms with Crippen LogP contribution in [0.25, 0.3) is 0 Å². The highest BCUT2D eigenvalue weighted by atomic mass is 32.2. The van der Waals surface area contributed by atoms with Crippen LogP contribution in [-0.4, -0.2) is 46.9 Å². The van der Waals surface area contributed by atoms with E-state index in [-0.39, 0.29) is 0 Å². The lowest BCUT2D eigenvalue weighted by Crippen LogP contribution is -2.55. The Bertz CT molecular complexity index is 320. The highest BCUT2D eigenvalue weighted by Crippen LogP contribution is 2.36. The van der Waals surface area contributed by atoms with Gasteiger partial charge in [0.1, 0.15) is 5.54 Å². The molecule has 20 heavy (non-hydrogen) atoms. The van der Waals surface area contributed by atoms with E-state index in [1.54, 1.807) is 0 Å². The summed E-state index contributed by atoms with van der Waals surface area (Å²) in [7, 11) is 0. The molecular formula is C15H27NO3S. The Kier molecular flexibility index (Phi) is 6.18. The third-order valence-corrected chi connectivity index (χ3v) is 5.81. The molecule has 1 aliphatic carbocycles. The minimum absolute atomic E-state index is 0.393. The number of hydrogen-bond donors (Lipinski definition) is 2. The van der Waals surface area contributed by atoms with Crippen LogP contribution < -0.4 is 5.32 Å². The SMILES string of the molecule is CCCNC1(C(=O)O)CCCC(SCC2CCCO2)C1. The predicted octanol–water partition coefficient (Wildman–Crippen LogP) is 2.66. The first-order valence-corrected chi connectivity index (χ1v) is 8.93. The Labute approximate surface area is 126 Å². The number of hydrogen-bond acceptors (Lipinski definition) is 4. The first kappa shape index (κ1) is 16.1. The zero-order chi connectivity index (χ0) is 14.4. The second-order valence-electron chi connectivity index (χ2n) is 6.00. The molecule has 116 valence electrons. The van der Waals surface area contributed by atoms with Gasteiger partial charge in [-0.2, -0.15) is 11.8 Å². The molecule has 0 spiro atoms. The van der Waals surface area contributed by atoms with Crippen molar-refractivity contribution in [2.24, 2.45) is 0 Å². The molecule has 1 saturated heterocycles. The largest absolute Gasteiger partial charge is 0.480 e. The number of thioether (sulfide) groups is 1. The number of aliphatic carboxylic acids is 1. The van der Waals surface area contributed by atoms with Crippen molar-refractivity contribution >= 4 is 17.7 Å². The lowest BCUT2D eigenvalue weighted by atomic mass is 9.81. The molecule has 1 saturated carbocycles. The van der Waals surface area contributed by atoms with Gasteiger partial charge in [-0.05, 0) is 51.5 Å². The molecule has 2 N–H and O–H groups in total. The van der Waals surface area contributed by atoms with Crippen LogP contribution >= 0.6 is 11.8 Å². The topological polar surface area (TPSA) is 58.6 Å². The van der Waals surface area contributed by atoms with Crippen LogP contribution in [-0.2, 0) is 9.53 Å². The van der Waals surface area contributed by atoms with E-state index in [1.165, 1.54) is 6.42 Å². The van der Waals surface area contributed by atoms with E-state index in [0.717, 1.165) is 57.4 Å². The molecule has 1 aliphatic heterocycles. The maximum atomic E-state index is 11.7. The second kappa shape index (κ2) is 7.66. The molecule has 0 aromatic carbocycles. The number of carboxylic acids is 1. The van der Waals surface area contributed by atoms with Crippen molar-refractivity contribution < 1.29 is 14.6 Å². The smallest absolute Gasteiger partial charge is 0.323 e. The summed E-state index contributed by atoms with van der Waals surface area (Å²) in [5.74, 6) is 0.349. The van der Waals surface area contributed by atoms with Gasteiger partial charge in [0, 0.05) is 17.6 Å². The van der Waals surface area contributed by atoms with Crippen LogP contribution in [0, 0.1) is 0 Å². The van der Waals surface area contributed by atoms with Gasteiger partial charge < -0.3 is 15.2 Å². The fourth-order valence-corrected chi connectivity index (χ4v) is 4.67. The standard InChI is InChI=1S/C15H27NO3S/c1-2-8-16-15(14(17)18)7-3-6-13(10-15)20-11-12-5-4-9-19-12/h12-13,16H,2-11H2,1H3,(H,17,18). The Morgan fingerprint density at radius 2 is 2.30 bits per heavy atom. The normalized spacial score (nSPS) is 34.2. The third-order valence-electron chi connectivity index (χ3n) is 4.37. The summed E-state index contributed by atoms with van der Waals surface area (Å²) in [5, 5.41) is 13.4. The average Bonchev–Trinajstić information content (AvgIpc) is 2.96. The van der Waals surface area contributed by atoms with Crippen molar-refractivity contribution in [3.05, 3.63) is 0 Å². The van der Waals surface area contributed by atoms with Crippen LogP contribution in [0.3, 0.4) is 0 Å². The van der Waals surface area contributed by atoms with Crippen LogP contribution in [0.1, 0.15) is 51.9 Å². The summed E-state index contributed by atoms with van der Waals surface area (Å²) in [5.41, 5.74) is -0.692. The van der Waals surface area contributed by atoms with Gasteiger partial charge in [-0.15, -0.1) is 0 Å². The molecule has 0 aromatic rings. The van der Waals surface area contributed by atoms with Crippen molar-refractivity contribution in [1.29, 1.82) is 0 Å². The summed E-state index contributed by atoms with van der Waals surface area (Å²) in [6.45, 7) is 3.76. The monoisotopic (exact) mass is 301 g/mol. The lowest BCUT2D eigenvalue weighted by Gasteiger charge is -2.38. The number of ether oxygens (including phenoxy) is 1.